The van der Waals surface area contributed by atoms with Crippen molar-refractivity contribution >= 4 is 22.4 Å². The summed E-state index contributed by atoms with van der Waals surface area (Å²) in [6, 6.07) is 0. The molecule has 1 radical (unpaired) electrons. The van der Waals surface area contributed by atoms with Crippen LogP contribution >= 0.6 is 0 Å². The summed E-state index contributed by atoms with van der Waals surface area (Å²) in [4.78, 5) is 0. The molecule has 1 rings (SSSR count). The molecule has 0 aromatic carbocycles. The Balaban J connectivity index is 2.23. The van der Waals surface area contributed by atoms with Crippen LogP contribution in [0.5, 0.6) is 0 Å². The summed E-state index contributed by atoms with van der Waals surface area (Å²) >= 11 is -1.65. The monoisotopic (exact) mass is 151 g/mol. The first-order valence-electron chi connectivity index (χ1n) is 2.30. The van der Waals surface area contributed by atoms with Crippen LogP contribution < -0.4 is 0 Å². The van der Waals surface area contributed by atoms with Crippen LogP contribution in [-0.2, 0) is 22.4 Å². The smallest absolute Gasteiger partial charge is 0.253 e. The van der Waals surface area contributed by atoms with E-state index in [0.717, 1.165) is 0 Å². The molecule has 1 fully saturated rings. The molecule has 2 nitrogen and oxygen atoms in total. The molecule has 2 unspecified atom stereocenters. The van der Waals surface area contributed by atoms with Crippen molar-refractivity contribution in [3.05, 3.63) is 6.42 Å². The standard InChI is InChI=1S/C4H7O2S2/c5-7-2-1-3-8(6)4-7/h1H,2-4H2. The van der Waals surface area contributed by atoms with Gasteiger partial charge in [-0.05, 0) is 22.4 Å². The molecule has 1 heterocycles. The van der Waals surface area contributed by atoms with Crippen molar-refractivity contribution in [1.29, 1.82) is 0 Å². The van der Waals surface area contributed by atoms with Crippen molar-refractivity contribution in [2.45, 2.75) is 0 Å². The molecule has 1 aliphatic heterocycles. The maximum absolute atomic E-state index is 10.6. The van der Waals surface area contributed by atoms with E-state index in [0.29, 0.717) is 16.6 Å². The molecule has 0 saturated carbocycles. The Morgan fingerprint density at radius 2 is 1.62 bits per heavy atom. The average Bonchev–Trinajstić information content (AvgIpc) is 1.64. The van der Waals surface area contributed by atoms with Crippen molar-refractivity contribution in [2.75, 3.05) is 16.6 Å². The quantitative estimate of drug-likeness (QED) is 0.445. The lowest BCUT2D eigenvalue weighted by Gasteiger charge is -2.18. The highest BCUT2D eigenvalue weighted by Crippen LogP contribution is 2.08. The van der Waals surface area contributed by atoms with Crippen molar-refractivity contribution in [1.82, 2.24) is 0 Å². The van der Waals surface area contributed by atoms with Gasteiger partial charge in [0.25, 0.3) is 5.08 Å². The molecular formula is C4H7O2S2. The minimum Gasteiger partial charge on any atom is -0.613 e. The van der Waals surface area contributed by atoms with Crippen LogP contribution in [-0.4, -0.2) is 25.7 Å². The van der Waals surface area contributed by atoms with E-state index in [-0.39, 0.29) is 0 Å². The molecule has 0 aromatic rings. The first kappa shape index (κ1) is 6.74. The van der Waals surface area contributed by atoms with Gasteiger partial charge >= 0.3 is 0 Å². The van der Waals surface area contributed by atoms with E-state index >= 15 is 0 Å². The van der Waals surface area contributed by atoms with Crippen LogP contribution in [0, 0.1) is 6.42 Å². The van der Waals surface area contributed by atoms with Crippen LogP contribution in [0.3, 0.4) is 0 Å². The Labute approximate surface area is 55.0 Å². The zero-order valence-corrected chi connectivity index (χ0v) is 5.96. The second-order valence-corrected chi connectivity index (χ2v) is 4.99. The number of hydrogen-bond donors (Lipinski definition) is 0. The van der Waals surface area contributed by atoms with E-state index in [1.807, 2.05) is 6.42 Å². The summed E-state index contributed by atoms with van der Waals surface area (Å²) < 4.78 is 21.1. The average molecular weight is 151 g/mol. The second-order valence-electron chi connectivity index (χ2n) is 1.62. The summed E-state index contributed by atoms with van der Waals surface area (Å²) in [5.74, 6) is 1.26. The zero-order valence-electron chi connectivity index (χ0n) is 4.33. The maximum atomic E-state index is 10.6. The van der Waals surface area contributed by atoms with E-state index in [9.17, 15) is 9.11 Å². The Morgan fingerprint density at radius 3 is 1.88 bits per heavy atom. The van der Waals surface area contributed by atoms with Crippen LogP contribution in [0.15, 0.2) is 0 Å². The fourth-order valence-corrected chi connectivity index (χ4v) is 3.41. The molecule has 4 heteroatoms. The molecule has 0 aromatic heterocycles. The van der Waals surface area contributed by atoms with Gasteiger partial charge in [-0.1, -0.05) is 0 Å². The highest BCUT2D eigenvalue weighted by atomic mass is 32.3. The fraction of sp³-hybridized carbons (Fsp3) is 0.750. The largest absolute Gasteiger partial charge is 0.613 e. The van der Waals surface area contributed by atoms with E-state index in [4.69, 9.17) is 0 Å². The first-order valence-corrected chi connectivity index (χ1v) is 5.28. The topological polar surface area (TPSA) is 46.1 Å². The van der Waals surface area contributed by atoms with Gasteiger partial charge in [0.2, 0.25) is 0 Å². The summed E-state index contributed by atoms with van der Waals surface area (Å²) in [5, 5.41) is 0.385. The molecule has 8 heavy (non-hydrogen) atoms. The third-order valence-corrected chi connectivity index (χ3v) is 4.19. The third-order valence-electron chi connectivity index (χ3n) is 0.870. The van der Waals surface area contributed by atoms with Gasteiger partial charge in [0, 0.05) is 0 Å². The Bertz CT molecular complexity index is 70.4. The van der Waals surface area contributed by atoms with Crippen molar-refractivity contribution in [3.63, 3.8) is 0 Å². The predicted molar refractivity (Wildman–Crippen MR) is 35.2 cm³/mol. The summed E-state index contributed by atoms with van der Waals surface area (Å²) in [6.07, 6.45) is 1.83. The lowest BCUT2D eigenvalue weighted by Crippen LogP contribution is -2.28. The first-order chi connectivity index (χ1) is 3.79. The van der Waals surface area contributed by atoms with Crippen molar-refractivity contribution in [2.24, 2.45) is 0 Å². The molecule has 0 bridgehead atoms. The minimum absolute atomic E-state index is 0.385. The number of rotatable bonds is 0. The SMILES string of the molecule is [O-][S+]1C[CH]C[S+]([O-])C1. The van der Waals surface area contributed by atoms with Gasteiger partial charge in [-0.2, -0.15) is 0 Å². The summed E-state index contributed by atoms with van der Waals surface area (Å²) in [6.45, 7) is 0. The van der Waals surface area contributed by atoms with Gasteiger partial charge in [-0.25, -0.2) is 0 Å². The molecule has 0 aliphatic carbocycles. The molecule has 0 N–H and O–H groups in total. The lowest BCUT2D eigenvalue weighted by molar-refractivity contribution is 0.585. The summed E-state index contributed by atoms with van der Waals surface area (Å²) in [5.41, 5.74) is 0. The molecule has 2 atom stereocenters. The Kier molecular flexibility index (Phi) is 2.49. The normalized spacial score (nSPS) is 39.8. The van der Waals surface area contributed by atoms with E-state index in [2.05, 4.69) is 0 Å². The van der Waals surface area contributed by atoms with E-state index < -0.39 is 22.4 Å². The van der Waals surface area contributed by atoms with Gasteiger partial charge in [0.1, 0.15) is 11.5 Å². The Hall–Kier alpha value is 0.620. The van der Waals surface area contributed by atoms with Crippen LogP contribution in [0.1, 0.15) is 0 Å². The van der Waals surface area contributed by atoms with Crippen LogP contribution in [0.4, 0.5) is 0 Å². The molecule has 47 valence electrons. The van der Waals surface area contributed by atoms with Gasteiger partial charge in [-0.15, -0.1) is 0 Å². The van der Waals surface area contributed by atoms with Gasteiger partial charge < -0.3 is 9.11 Å². The zero-order chi connectivity index (χ0) is 5.98. The fourth-order valence-electron chi connectivity index (χ4n) is 0.554. The van der Waals surface area contributed by atoms with Crippen molar-refractivity contribution in [3.8, 4) is 0 Å². The maximum Gasteiger partial charge on any atom is 0.253 e. The molecule has 0 amide bonds. The molecule has 1 aliphatic rings. The van der Waals surface area contributed by atoms with Crippen molar-refractivity contribution < 1.29 is 9.11 Å². The molecule has 0 spiro atoms. The van der Waals surface area contributed by atoms with E-state index in [1.54, 1.807) is 0 Å². The number of hydrogen-bond acceptors (Lipinski definition) is 2. The molecular weight excluding hydrogens is 144 g/mol. The minimum atomic E-state index is -0.826. The Morgan fingerprint density at radius 1 is 1.12 bits per heavy atom. The molecule has 1 saturated heterocycles. The van der Waals surface area contributed by atoms with Crippen LogP contribution in [0.25, 0.3) is 0 Å². The summed E-state index contributed by atoms with van der Waals surface area (Å²) in [7, 11) is 0. The van der Waals surface area contributed by atoms with Gasteiger partial charge in [0.15, 0.2) is 0 Å². The third kappa shape index (κ3) is 1.85. The second kappa shape index (κ2) is 2.96. The highest BCUT2D eigenvalue weighted by Gasteiger charge is 2.22. The van der Waals surface area contributed by atoms with Crippen LogP contribution in [0.2, 0.25) is 0 Å². The van der Waals surface area contributed by atoms with Gasteiger partial charge in [0.05, 0.1) is 6.42 Å². The highest BCUT2D eigenvalue weighted by molar-refractivity contribution is 8.08. The van der Waals surface area contributed by atoms with E-state index in [1.165, 1.54) is 0 Å². The predicted octanol–water partition coefficient (Wildman–Crippen LogP) is -0.341. The van der Waals surface area contributed by atoms with Gasteiger partial charge in [-0.3, -0.25) is 0 Å². The lowest BCUT2D eigenvalue weighted by atomic mass is 10.6.